The van der Waals surface area contributed by atoms with E-state index in [-0.39, 0.29) is 28.8 Å². The number of benzene rings is 1. The van der Waals surface area contributed by atoms with Crippen molar-refractivity contribution in [2.75, 3.05) is 13.7 Å². The number of rotatable bonds is 6. The SMILES string of the molecule is COc1cc([N+](=O)[O-])ccc1S(=O)(=O)NCC(C)C. The Morgan fingerprint density at radius 2 is 2.05 bits per heavy atom. The largest absolute Gasteiger partial charge is 0.495 e. The highest BCUT2D eigenvalue weighted by Gasteiger charge is 2.22. The van der Waals surface area contributed by atoms with Crippen LogP contribution in [0.4, 0.5) is 5.69 Å². The zero-order valence-corrected chi connectivity index (χ0v) is 11.7. The number of nitro groups is 1. The molecule has 0 amide bonds. The van der Waals surface area contributed by atoms with Crippen molar-refractivity contribution in [1.82, 2.24) is 4.72 Å². The van der Waals surface area contributed by atoms with E-state index in [1.807, 2.05) is 13.8 Å². The molecule has 0 radical (unpaired) electrons. The molecule has 0 fully saturated rings. The van der Waals surface area contributed by atoms with Crippen molar-refractivity contribution < 1.29 is 18.1 Å². The predicted molar refractivity (Wildman–Crippen MR) is 69.7 cm³/mol. The second-order valence-electron chi connectivity index (χ2n) is 4.34. The van der Waals surface area contributed by atoms with Gasteiger partial charge in [-0.1, -0.05) is 13.8 Å². The fourth-order valence-electron chi connectivity index (χ4n) is 1.35. The molecular formula is C11H16N2O5S. The molecule has 7 nitrogen and oxygen atoms in total. The smallest absolute Gasteiger partial charge is 0.273 e. The van der Waals surface area contributed by atoms with Gasteiger partial charge < -0.3 is 4.74 Å². The molecule has 0 aliphatic rings. The lowest BCUT2D eigenvalue weighted by molar-refractivity contribution is -0.385. The zero-order chi connectivity index (χ0) is 14.6. The van der Waals surface area contributed by atoms with Gasteiger partial charge in [-0.3, -0.25) is 10.1 Å². The van der Waals surface area contributed by atoms with E-state index in [2.05, 4.69) is 4.72 Å². The average Bonchev–Trinajstić information content (AvgIpc) is 2.35. The number of methoxy groups -OCH3 is 1. The Kier molecular flexibility index (Phi) is 4.84. The molecule has 0 atom stereocenters. The van der Waals surface area contributed by atoms with E-state index in [1.165, 1.54) is 13.2 Å². The van der Waals surface area contributed by atoms with Crippen LogP contribution in [-0.4, -0.2) is 27.0 Å². The van der Waals surface area contributed by atoms with E-state index in [1.54, 1.807) is 0 Å². The topological polar surface area (TPSA) is 98.5 Å². The number of sulfonamides is 1. The minimum absolute atomic E-state index is 0.0505. The summed E-state index contributed by atoms with van der Waals surface area (Å²) in [6.07, 6.45) is 0. The standard InChI is InChI=1S/C11H16N2O5S/c1-8(2)7-12-19(16,17)11-5-4-9(13(14)15)6-10(11)18-3/h4-6,8,12H,7H2,1-3H3. The summed E-state index contributed by atoms with van der Waals surface area (Å²) in [5, 5.41) is 10.6. The second kappa shape index (κ2) is 5.98. The highest BCUT2D eigenvalue weighted by atomic mass is 32.2. The van der Waals surface area contributed by atoms with Crippen molar-refractivity contribution in [3.05, 3.63) is 28.3 Å². The summed E-state index contributed by atoms with van der Waals surface area (Å²) in [6, 6.07) is 3.38. The van der Waals surface area contributed by atoms with Crippen LogP contribution in [0.15, 0.2) is 23.1 Å². The maximum atomic E-state index is 12.0. The molecule has 0 bridgehead atoms. The van der Waals surface area contributed by atoms with Gasteiger partial charge in [-0.25, -0.2) is 13.1 Å². The molecule has 1 rings (SSSR count). The van der Waals surface area contributed by atoms with Gasteiger partial charge >= 0.3 is 0 Å². The molecule has 0 aliphatic carbocycles. The number of nitrogens with zero attached hydrogens (tertiary/aromatic N) is 1. The highest BCUT2D eigenvalue weighted by molar-refractivity contribution is 7.89. The fourth-order valence-corrected chi connectivity index (χ4v) is 2.71. The van der Waals surface area contributed by atoms with Crippen molar-refractivity contribution in [3.63, 3.8) is 0 Å². The molecule has 106 valence electrons. The first-order valence-electron chi connectivity index (χ1n) is 5.60. The van der Waals surface area contributed by atoms with Crippen molar-refractivity contribution in [1.29, 1.82) is 0 Å². The van der Waals surface area contributed by atoms with Crippen molar-refractivity contribution in [3.8, 4) is 5.75 Å². The third-order valence-electron chi connectivity index (χ3n) is 2.33. The van der Waals surface area contributed by atoms with Crippen LogP contribution in [0, 0.1) is 16.0 Å². The van der Waals surface area contributed by atoms with Crippen molar-refractivity contribution in [2.24, 2.45) is 5.92 Å². The molecule has 0 saturated carbocycles. The third kappa shape index (κ3) is 3.90. The summed E-state index contributed by atoms with van der Waals surface area (Å²) in [5.41, 5.74) is -0.223. The third-order valence-corrected chi connectivity index (χ3v) is 3.79. The number of hydrogen-bond donors (Lipinski definition) is 1. The Morgan fingerprint density at radius 3 is 2.53 bits per heavy atom. The molecule has 19 heavy (non-hydrogen) atoms. The fraction of sp³-hybridized carbons (Fsp3) is 0.455. The van der Waals surface area contributed by atoms with Gasteiger partial charge in [0.25, 0.3) is 5.69 Å². The average molecular weight is 288 g/mol. The Bertz CT molecular complexity index is 568. The van der Waals surface area contributed by atoms with Gasteiger partial charge in [0.15, 0.2) is 0 Å². The minimum atomic E-state index is -3.74. The maximum Gasteiger partial charge on any atom is 0.273 e. The lowest BCUT2D eigenvalue weighted by Crippen LogP contribution is -2.27. The Morgan fingerprint density at radius 1 is 1.42 bits per heavy atom. The minimum Gasteiger partial charge on any atom is -0.495 e. The van der Waals surface area contributed by atoms with Crippen LogP contribution in [0.25, 0.3) is 0 Å². The lowest BCUT2D eigenvalue weighted by Gasteiger charge is -2.11. The summed E-state index contributed by atoms with van der Waals surface area (Å²) < 4.78 is 31.4. The molecule has 1 aromatic carbocycles. The van der Waals surface area contributed by atoms with Crippen LogP contribution in [0.2, 0.25) is 0 Å². The first kappa shape index (κ1) is 15.4. The quantitative estimate of drug-likeness (QED) is 0.632. The van der Waals surface area contributed by atoms with Gasteiger partial charge in [0.05, 0.1) is 18.1 Å². The number of hydrogen-bond acceptors (Lipinski definition) is 5. The summed E-state index contributed by atoms with van der Waals surface area (Å²) in [4.78, 5) is 9.91. The van der Waals surface area contributed by atoms with Crippen LogP contribution < -0.4 is 9.46 Å². The molecule has 0 spiro atoms. The van der Waals surface area contributed by atoms with Crippen molar-refractivity contribution >= 4 is 15.7 Å². The van der Waals surface area contributed by atoms with E-state index in [4.69, 9.17) is 4.74 Å². The zero-order valence-electron chi connectivity index (χ0n) is 10.9. The van der Waals surface area contributed by atoms with Crippen LogP contribution in [0.5, 0.6) is 5.75 Å². The van der Waals surface area contributed by atoms with E-state index in [0.717, 1.165) is 12.1 Å². The normalized spacial score (nSPS) is 11.6. The van der Waals surface area contributed by atoms with Gasteiger partial charge in [-0.2, -0.15) is 0 Å². The first-order chi connectivity index (χ1) is 8.77. The Hall–Kier alpha value is -1.67. The highest BCUT2D eigenvalue weighted by Crippen LogP contribution is 2.28. The molecule has 0 heterocycles. The number of ether oxygens (including phenoxy) is 1. The summed E-state index contributed by atoms with van der Waals surface area (Å²) in [7, 11) is -2.47. The molecular weight excluding hydrogens is 272 g/mol. The molecule has 0 unspecified atom stereocenters. The van der Waals surface area contributed by atoms with E-state index in [0.29, 0.717) is 0 Å². The lowest BCUT2D eigenvalue weighted by atomic mass is 10.2. The summed E-state index contributed by atoms with van der Waals surface area (Å²) in [5.74, 6) is 0.101. The van der Waals surface area contributed by atoms with Crippen LogP contribution in [0.3, 0.4) is 0 Å². The number of nitro benzene ring substituents is 1. The van der Waals surface area contributed by atoms with E-state index in [9.17, 15) is 18.5 Å². The molecule has 0 aliphatic heterocycles. The number of non-ortho nitro benzene ring substituents is 1. The van der Waals surface area contributed by atoms with Gasteiger partial charge in [-0.15, -0.1) is 0 Å². The first-order valence-corrected chi connectivity index (χ1v) is 7.08. The molecule has 1 N–H and O–H groups in total. The Labute approximate surface area is 111 Å². The molecule has 1 aromatic rings. The Balaban J connectivity index is 3.16. The van der Waals surface area contributed by atoms with Crippen LogP contribution >= 0.6 is 0 Å². The number of nitrogens with one attached hydrogen (secondary N) is 1. The van der Waals surface area contributed by atoms with Crippen molar-refractivity contribution in [2.45, 2.75) is 18.7 Å². The van der Waals surface area contributed by atoms with E-state index >= 15 is 0 Å². The van der Waals surface area contributed by atoms with Gasteiger partial charge in [-0.05, 0) is 12.0 Å². The molecule has 0 aromatic heterocycles. The molecule has 0 saturated heterocycles. The monoisotopic (exact) mass is 288 g/mol. The van der Waals surface area contributed by atoms with E-state index < -0.39 is 14.9 Å². The molecule has 8 heteroatoms. The van der Waals surface area contributed by atoms with Gasteiger partial charge in [0.1, 0.15) is 10.6 Å². The van der Waals surface area contributed by atoms with Crippen LogP contribution in [0.1, 0.15) is 13.8 Å². The second-order valence-corrected chi connectivity index (χ2v) is 6.07. The summed E-state index contributed by atoms with van der Waals surface area (Å²) in [6.45, 7) is 4.02. The van der Waals surface area contributed by atoms with Crippen LogP contribution in [-0.2, 0) is 10.0 Å². The predicted octanol–water partition coefficient (Wildman–Crippen LogP) is 1.54. The maximum absolute atomic E-state index is 12.0. The van der Waals surface area contributed by atoms with Gasteiger partial charge in [0.2, 0.25) is 10.0 Å². The summed E-state index contributed by atoms with van der Waals surface area (Å²) >= 11 is 0. The van der Waals surface area contributed by atoms with Gasteiger partial charge in [0, 0.05) is 12.6 Å².